The fraction of sp³-hybridized carbons (Fsp3) is 0.455. The van der Waals surface area contributed by atoms with Crippen molar-refractivity contribution in [2.24, 2.45) is 17.8 Å². The van der Waals surface area contributed by atoms with Gasteiger partial charge in [-0.2, -0.15) is 0 Å². The van der Waals surface area contributed by atoms with Crippen LogP contribution >= 0.6 is 0 Å². The number of rotatable bonds is 4. The van der Waals surface area contributed by atoms with Gasteiger partial charge in [0.05, 0.1) is 5.39 Å². The van der Waals surface area contributed by atoms with E-state index in [0.29, 0.717) is 47.8 Å². The Bertz CT molecular complexity index is 1160. The molecule has 0 saturated carbocycles. The van der Waals surface area contributed by atoms with Crippen molar-refractivity contribution in [2.75, 3.05) is 50.4 Å². The molecule has 2 N–H and O–H groups in total. The van der Waals surface area contributed by atoms with Gasteiger partial charge in [0.1, 0.15) is 16.8 Å². The summed E-state index contributed by atoms with van der Waals surface area (Å²) in [6.07, 6.45) is 6.71. The molecule has 3 heterocycles. The number of nitrogens with one attached hydrogen (secondary N) is 1. The van der Waals surface area contributed by atoms with E-state index in [1.165, 1.54) is 6.20 Å². The van der Waals surface area contributed by atoms with Gasteiger partial charge in [0.25, 0.3) is 0 Å². The second-order valence-corrected chi connectivity index (χ2v) is 8.60. The van der Waals surface area contributed by atoms with Crippen molar-refractivity contribution >= 4 is 22.6 Å². The summed E-state index contributed by atoms with van der Waals surface area (Å²) in [5.41, 5.74) is -0.348. The summed E-state index contributed by atoms with van der Waals surface area (Å²) in [5.74, 6) is -0.379. The Labute approximate surface area is 178 Å². The number of allylic oxidation sites excluding steroid dienone is 1. The number of fused-ring (bicyclic) bond motifs is 1. The number of ether oxygens (including phenoxy) is 1. The fourth-order valence-electron chi connectivity index (χ4n) is 5.31. The van der Waals surface area contributed by atoms with E-state index in [2.05, 4.69) is 17.5 Å². The predicted octanol–water partition coefficient (Wildman–Crippen LogP) is 1.60. The van der Waals surface area contributed by atoms with Gasteiger partial charge in [-0.3, -0.25) is 14.5 Å². The third-order valence-corrected chi connectivity index (χ3v) is 6.77. The molecule has 1 aliphatic carbocycles. The number of aromatic carboxylic acids is 1. The van der Waals surface area contributed by atoms with Crippen LogP contribution < -0.4 is 25.4 Å². The molecular formula is C22H25FN4O4. The van der Waals surface area contributed by atoms with Crippen molar-refractivity contribution in [3.05, 3.63) is 46.0 Å². The van der Waals surface area contributed by atoms with E-state index in [1.54, 1.807) is 16.7 Å². The van der Waals surface area contributed by atoms with Gasteiger partial charge >= 0.3 is 5.97 Å². The molecule has 5 rings (SSSR count). The van der Waals surface area contributed by atoms with Crippen LogP contribution in [-0.4, -0.2) is 56.2 Å². The second-order valence-electron chi connectivity index (χ2n) is 8.60. The van der Waals surface area contributed by atoms with Gasteiger partial charge in [-0.05, 0) is 37.3 Å². The zero-order valence-corrected chi connectivity index (χ0v) is 17.5. The Kier molecular flexibility index (Phi) is 4.65. The minimum Gasteiger partial charge on any atom is -0.477 e. The summed E-state index contributed by atoms with van der Waals surface area (Å²) in [4.78, 5) is 26.3. The topological polar surface area (TPSA) is 87.0 Å². The van der Waals surface area contributed by atoms with Crippen LogP contribution in [0.15, 0.2) is 29.2 Å². The Balaban J connectivity index is 1.65. The Hall–Kier alpha value is -3.07. The highest BCUT2D eigenvalue weighted by molar-refractivity contribution is 5.97. The average Bonchev–Trinajstić information content (AvgIpc) is 3.16. The lowest BCUT2D eigenvalue weighted by Crippen LogP contribution is -2.40. The molecule has 3 unspecified atom stereocenters. The van der Waals surface area contributed by atoms with Crippen LogP contribution in [0.3, 0.4) is 0 Å². The first kappa shape index (κ1) is 19.9. The molecule has 0 radical (unpaired) electrons. The largest absolute Gasteiger partial charge is 0.477 e. The Morgan fingerprint density at radius 1 is 1.39 bits per heavy atom. The summed E-state index contributed by atoms with van der Waals surface area (Å²) < 4.78 is 23.0. The number of anilines is 1. The number of benzene rings is 1. The van der Waals surface area contributed by atoms with Crippen molar-refractivity contribution in [3.63, 3.8) is 0 Å². The first-order chi connectivity index (χ1) is 14.9. The number of halogens is 1. The van der Waals surface area contributed by atoms with Crippen LogP contribution in [0.25, 0.3) is 10.9 Å². The molecule has 8 nitrogen and oxygen atoms in total. The standard InChI is InChI=1S/C22H25FN4O4/c1-24-7-12-4-3-5-13-8-26(9-15(12)13)19-17(23)6-14-18-21(19)31-11-25(2)27(18)10-16(20(14)28)22(29)30/h3-4,6,10,12-13,15,24H,5,7-9,11H2,1-2H3,(H,29,30). The highest BCUT2D eigenvalue weighted by Crippen LogP contribution is 2.45. The maximum absolute atomic E-state index is 15.4. The van der Waals surface area contributed by atoms with Gasteiger partial charge in [0.2, 0.25) is 5.43 Å². The van der Waals surface area contributed by atoms with E-state index in [1.807, 2.05) is 11.9 Å². The minimum atomic E-state index is -1.34. The number of nitrogens with zero attached hydrogens (tertiary/aromatic N) is 3. The van der Waals surface area contributed by atoms with Gasteiger partial charge < -0.3 is 20.1 Å². The minimum absolute atomic E-state index is 0.00837. The van der Waals surface area contributed by atoms with Crippen molar-refractivity contribution in [1.29, 1.82) is 0 Å². The molecule has 164 valence electrons. The first-order valence-corrected chi connectivity index (χ1v) is 10.5. The van der Waals surface area contributed by atoms with Crippen molar-refractivity contribution in [2.45, 2.75) is 6.42 Å². The maximum atomic E-state index is 15.4. The third kappa shape index (κ3) is 2.98. The molecule has 0 spiro atoms. The van der Waals surface area contributed by atoms with Gasteiger partial charge in [0.15, 0.2) is 18.3 Å². The molecule has 2 aromatic rings. The maximum Gasteiger partial charge on any atom is 0.341 e. The van der Waals surface area contributed by atoms with Gasteiger partial charge in [-0.25, -0.2) is 9.18 Å². The monoisotopic (exact) mass is 428 g/mol. The third-order valence-electron chi connectivity index (χ3n) is 6.77. The van der Waals surface area contributed by atoms with E-state index in [-0.39, 0.29) is 12.1 Å². The number of carboxylic acids is 1. The van der Waals surface area contributed by atoms with E-state index >= 15 is 4.39 Å². The summed E-state index contributed by atoms with van der Waals surface area (Å²) >= 11 is 0. The van der Waals surface area contributed by atoms with E-state index in [4.69, 9.17) is 4.74 Å². The number of hydrogen-bond acceptors (Lipinski definition) is 6. The van der Waals surface area contributed by atoms with Crippen LogP contribution in [0.4, 0.5) is 10.1 Å². The number of hydrogen-bond donors (Lipinski definition) is 2. The van der Waals surface area contributed by atoms with Crippen LogP contribution in [-0.2, 0) is 0 Å². The molecule has 1 aromatic carbocycles. The van der Waals surface area contributed by atoms with Crippen LogP contribution in [0.5, 0.6) is 5.75 Å². The molecule has 1 aromatic heterocycles. The smallest absolute Gasteiger partial charge is 0.341 e. The van der Waals surface area contributed by atoms with Crippen molar-refractivity contribution in [1.82, 2.24) is 9.99 Å². The number of pyridine rings is 1. The molecule has 9 heteroatoms. The van der Waals surface area contributed by atoms with E-state index < -0.39 is 22.8 Å². The second kappa shape index (κ2) is 7.26. The molecule has 2 aliphatic heterocycles. The first-order valence-electron chi connectivity index (χ1n) is 10.5. The highest BCUT2D eigenvalue weighted by Gasteiger charge is 2.40. The van der Waals surface area contributed by atoms with Crippen molar-refractivity contribution in [3.8, 4) is 5.75 Å². The molecule has 3 atom stereocenters. The molecule has 0 amide bonds. The lowest BCUT2D eigenvalue weighted by molar-refractivity contribution is 0.0694. The van der Waals surface area contributed by atoms with Crippen LogP contribution in [0.2, 0.25) is 0 Å². The lowest BCUT2D eigenvalue weighted by atomic mass is 9.78. The quantitative estimate of drug-likeness (QED) is 0.716. The zero-order valence-electron chi connectivity index (χ0n) is 17.5. The van der Waals surface area contributed by atoms with Crippen LogP contribution in [0, 0.1) is 23.6 Å². The number of carbonyl (C=O) groups is 1. The van der Waals surface area contributed by atoms with Crippen LogP contribution in [0.1, 0.15) is 16.8 Å². The normalized spacial score (nSPS) is 24.4. The highest BCUT2D eigenvalue weighted by atomic mass is 19.1. The average molecular weight is 428 g/mol. The van der Waals surface area contributed by atoms with E-state index in [9.17, 15) is 14.7 Å². The molecular weight excluding hydrogens is 403 g/mol. The molecule has 31 heavy (non-hydrogen) atoms. The van der Waals surface area contributed by atoms with Gasteiger partial charge in [0, 0.05) is 32.9 Å². The summed E-state index contributed by atoms with van der Waals surface area (Å²) in [6, 6.07) is 1.16. The summed E-state index contributed by atoms with van der Waals surface area (Å²) in [5, 5.41) is 14.3. The Morgan fingerprint density at radius 3 is 2.94 bits per heavy atom. The lowest BCUT2D eigenvalue weighted by Gasteiger charge is -2.33. The molecule has 1 fully saturated rings. The number of aromatic nitrogens is 1. The van der Waals surface area contributed by atoms with Gasteiger partial charge in [-0.15, -0.1) is 0 Å². The van der Waals surface area contributed by atoms with Gasteiger partial charge in [-0.1, -0.05) is 12.2 Å². The summed E-state index contributed by atoms with van der Waals surface area (Å²) in [6.45, 7) is 2.40. The molecule has 0 bridgehead atoms. The predicted molar refractivity (Wildman–Crippen MR) is 115 cm³/mol. The number of carboxylic acid groups (broad SMARTS) is 1. The Morgan fingerprint density at radius 2 is 2.19 bits per heavy atom. The molecule has 3 aliphatic rings. The van der Waals surface area contributed by atoms with Crippen molar-refractivity contribution < 1.29 is 19.0 Å². The van der Waals surface area contributed by atoms with E-state index in [0.717, 1.165) is 19.0 Å². The summed E-state index contributed by atoms with van der Waals surface area (Å²) in [7, 11) is 3.66. The zero-order chi connectivity index (χ0) is 21.9. The fourth-order valence-corrected chi connectivity index (χ4v) is 5.31. The molecule has 1 saturated heterocycles. The SMILES string of the molecule is CNCC1C=CCC2CN(c3c(F)cc4c(=O)c(C(=O)O)cn5c4c3OCN5C)CC12.